The molecule has 2 amide bonds. The molecule has 0 saturated heterocycles. The fraction of sp³-hybridized carbons (Fsp3) is 0.179. The highest BCUT2D eigenvalue weighted by Gasteiger charge is 2.16. The number of methoxy groups -OCH3 is 1. The molecule has 0 aliphatic carbocycles. The minimum absolute atomic E-state index is 0.0811. The lowest BCUT2D eigenvalue weighted by molar-refractivity contribution is -0.118. The zero-order valence-corrected chi connectivity index (χ0v) is 22.2. The monoisotopic (exact) mass is 563 g/mol. The smallest absolute Gasteiger partial charge is 0.266 e. The van der Waals surface area contributed by atoms with Gasteiger partial charge in [-0.1, -0.05) is 17.7 Å². The summed E-state index contributed by atoms with van der Waals surface area (Å²) in [7, 11) is 1.57. The molecular weight excluding hydrogens is 538 g/mol. The number of hydrogen-bond donors (Lipinski definition) is 2. The van der Waals surface area contributed by atoms with Gasteiger partial charge in [0, 0.05) is 11.4 Å². The van der Waals surface area contributed by atoms with Crippen molar-refractivity contribution in [1.82, 2.24) is 0 Å². The molecule has 0 aliphatic rings. The Balaban J connectivity index is 1.74. The van der Waals surface area contributed by atoms with E-state index in [1.54, 1.807) is 55.6 Å². The fourth-order valence-electron chi connectivity index (χ4n) is 3.23. The van der Waals surface area contributed by atoms with Crippen LogP contribution in [0.2, 0.25) is 0 Å². The summed E-state index contributed by atoms with van der Waals surface area (Å²) in [5.41, 5.74) is 2.71. The van der Waals surface area contributed by atoms with E-state index in [-0.39, 0.29) is 18.1 Å². The highest BCUT2D eigenvalue weighted by molar-refractivity contribution is 9.10. The molecule has 0 fully saturated rings. The van der Waals surface area contributed by atoms with Crippen molar-refractivity contribution in [1.29, 1.82) is 5.26 Å². The Kier molecular flexibility index (Phi) is 9.69. The third-order valence-corrected chi connectivity index (χ3v) is 5.63. The predicted octanol–water partition coefficient (Wildman–Crippen LogP) is 5.73. The maximum Gasteiger partial charge on any atom is 0.266 e. The van der Waals surface area contributed by atoms with Crippen molar-refractivity contribution in [2.75, 3.05) is 31.0 Å². The molecule has 9 heteroatoms. The van der Waals surface area contributed by atoms with Crippen molar-refractivity contribution in [3.8, 4) is 23.3 Å². The molecule has 0 unspecified atom stereocenters. The van der Waals surface area contributed by atoms with E-state index in [1.807, 2.05) is 32.0 Å². The SMILES string of the molecule is CCOc1cc(/C=C(/C#N)C(=O)Nc2ccc(C)cc2)cc(Br)c1OCC(=O)Nc1ccc(OC)cc1. The van der Waals surface area contributed by atoms with Crippen LogP contribution in [0.3, 0.4) is 0 Å². The number of benzene rings is 3. The number of halogens is 1. The van der Waals surface area contributed by atoms with Gasteiger partial charge in [-0.25, -0.2) is 0 Å². The number of nitrogens with zero attached hydrogens (tertiary/aromatic N) is 1. The minimum Gasteiger partial charge on any atom is -0.497 e. The van der Waals surface area contributed by atoms with Crippen LogP contribution in [-0.2, 0) is 9.59 Å². The van der Waals surface area contributed by atoms with Gasteiger partial charge in [-0.2, -0.15) is 5.26 Å². The van der Waals surface area contributed by atoms with Crippen LogP contribution in [-0.4, -0.2) is 32.1 Å². The molecule has 0 spiro atoms. The molecule has 0 saturated carbocycles. The average Bonchev–Trinajstić information content (AvgIpc) is 2.88. The van der Waals surface area contributed by atoms with Gasteiger partial charge in [-0.05, 0) is 89.9 Å². The van der Waals surface area contributed by atoms with Gasteiger partial charge < -0.3 is 24.8 Å². The quantitative estimate of drug-likeness (QED) is 0.241. The van der Waals surface area contributed by atoms with Crippen molar-refractivity contribution >= 4 is 45.2 Å². The lowest BCUT2D eigenvalue weighted by Gasteiger charge is -2.15. The number of aryl methyl sites for hydroxylation is 1. The molecule has 0 bridgehead atoms. The lowest BCUT2D eigenvalue weighted by atomic mass is 10.1. The average molecular weight is 564 g/mol. The molecule has 3 aromatic carbocycles. The molecule has 37 heavy (non-hydrogen) atoms. The summed E-state index contributed by atoms with van der Waals surface area (Å²) in [6.07, 6.45) is 1.46. The Morgan fingerprint density at radius 1 is 1.00 bits per heavy atom. The first-order chi connectivity index (χ1) is 17.8. The van der Waals surface area contributed by atoms with Crippen LogP contribution in [0.5, 0.6) is 17.2 Å². The van der Waals surface area contributed by atoms with Crippen molar-refractivity contribution in [2.45, 2.75) is 13.8 Å². The summed E-state index contributed by atoms with van der Waals surface area (Å²) in [5, 5.41) is 15.0. The molecule has 0 aliphatic heterocycles. The van der Waals surface area contributed by atoms with Gasteiger partial charge in [0.15, 0.2) is 18.1 Å². The first-order valence-corrected chi connectivity index (χ1v) is 12.1. The van der Waals surface area contributed by atoms with E-state index in [0.717, 1.165) is 5.56 Å². The topological polar surface area (TPSA) is 110 Å². The maximum atomic E-state index is 12.6. The normalized spacial score (nSPS) is 10.7. The van der Waals surface area contributed by atoms with E-state index >= 15 is 0 Å². The Morgan fingerprint density at radius 3 is 2.27 bits per heavy atom. The second kappa shape index (κ2) is 13.1. The summed E-state index contributed by atoms with van der Waals surface area (Å²) < 4.78 is 17.1. The lowest BCUT2D eigenvalue weighted by Crippen LogP contribution is -2.20. The number of ether oxygens (including phenoxy) is 3. The van der Waals surface area contributed by atoms with E-state index in [2.05, 4.69) is 26.6 Å². The van der Waals surface area contributed by atoms with Gasteiger partial charge in [-0.15, -0.1) is 0 Å². The summed E-state index contributed by atoms with van der Waals surface area (Å²) in [6.45, 7) is 3.84. The van der Waals surface area contributed by atoms with Gasteiger partial charge >= 0.3 is 0 Å². The first kappa shape index (κ1) is 27.3. The van der Waals surface area contributed by atoms with Crippen molar-refractivity contribution in [3.63, 3.8) is 0 Å². The third kappa shape index (κ3) is 7.85. The zero-order chi connectivity index (χ0) is 26.8. The number of amides is 2. The van der Waals surface area contributed by atoms with E-state index in [4.69, 9.17) is 14.2 Å². The summed E-state index contributed by atoms with van der Waals surface area (Å²) in [6, 6.07) is 19.4. The van der Waals surface area contributed by atoms with Crippen LogP contribution in [0.15, 0.2) is 70.7 Å². The molecule has 0 radical (unpaired) electrons. The van der Waals surface area contributed by atoms with Crippen LogP contribution in [0.1, 0.15) is 18.1 Å². The van der Waals surface area contributed by atoms with Crippen molar-refractivity contribution in [3.05, 3.63) is 81.8 Å². The molecular formula is C28H26BrN3O5. The molecule has 2 N–H and O–H groups in total. The second-order valence-corrected chi connectivity index (χ2v) is 8.67. The first-order valence-electron chi connectivity index (χ1n) is 11.4. The largest absolute Gasteiger partial charge is 0.497 e. The van der Waals surface area contributed by atoms with E-state index in [1.165, 1.54) is 6.08 Å². The third-order valence-electron chi connectivity index (χ3n) is 5.04. The maximum absolute atomic E-state index is 12.6. The van der Waals surface area contributed by atoms with E-state index < -0.39 is 5.91 Å². The molecule has 0 heterocycles. The Morgan fingerprint density at radius 2 is 1.65 bits per heavy atom. The van der Waals surface area contributed by atoms with Crippen LogP contribution in [0, 0.1) is 18.3 Å². The van der Waals surface area contributed by atoms with Gasteiger partial charge in [-0.3, -0.25) is 9.59 Å². The van der Waals surface area contributed by atoms with Gasteiger partial charge in [0.05, 0.1) is 18.2 Å². The number of nitrogens with one attached hydrogen (secondary N) is 2. The fourth-order valence-corrected chi connectivity index (χ4v) is 3.81. The number of rotatable bonds is 10. The number of nitriles is 1. The number of carbonyl (C=O) groups excluding carboxylic acids is 2. The van der Waals surface area contributed by atoms with Gasteiger partial charge in [0.1, 0.15) is 17.4 Å². The standard InChI is InChI=1S/C28H26BrN3O5/c1-4-36-25-15-19(13-20(16-30)28(34)32-22-7-5-18(2)6-8-22)14-24(29)27(25)37-17-26(33)31-21-9-11-23(35-3)12-10-21/h5-15H,4,17H2,1-3H3,(H,31,33)(H,32,34)/b20-13-. The van der Waals surface area contributed by atoms with Gasteiger partial charge in [0.25, 0.3) is 11.8 Å². The molecule has 190 valence electrons. The second-order valence-electron chi connectivity index (χ2n) is 7.82. The molecule has 8 nitrogen and oxygen atoms in total. The Hall–Kier alpha value is -4.29. The Bertz CT molecular complexity index is 1330. The Labute approximate surface area is 224 Å². The number of hydrogen-bond acceptors (Lipinski definition) is 6. The highest BCUT2D eigenvalue weighted by Crippen LogP contribution is 2.37. The zero-order valence-electron chi connectivity index (χ0n) is 20.6. The molecule has 3 rings (SSSR count). The minimum atomic E-state index is -0.532. The predicted molar refractivity (Wildman–Crippen MR) is 146 cm³/mol. The highest BCUT2D eigenvalue weighted by atomic mass is 79.9. The number of anilines is 2. The van der Waals surface area contributed by atoms with Crippen molar-refractivity contribution in [2.24, 2.45) is 0 Å². The molecule has 0 aromatic heterocycles. The summed E-state index contributed by atoms with van der Waals surface area (Å²) >= 11 is 3.45. The molecule has 0 atom stereocenters. The van der Waals surface area contributed by atoms with Crippen LogP contribution in [0.25, 0.3) is 6.08 Å². The van der Waals surface area contributed by atoms with E-state index in [9.17, 15) is 14.9 Å². The van der Waals surface area contributed by atoms with Crippen LogP contribution >= 0.6 is 15.9 Å². The molecule has 3 aromatic rings. The summed E-state index contributed by atoms with van der Waals surface area (Å²) in [4.78, 5) is 25.0. The van der Waals surface area contributed by atoms with Gasteiger partial charge in [0.2, 0.25) is 0 Å². The van der Waals surface area contributed by atoms with Crippen LogP contribution < -0.4 is 24.8 Å². The van der Waals surface area contributed by atoms with Crippen molar-refractivity contribution < 1.29 is 23.8 Å². The van der Waals surface area contributed by atoms with E-state index in [0.29, 0.717) is 45.3 Å². The number of carbonyl (C=O) groups is 2. The van der Waals surface area contributed by atoms with Crippen LogP contribution in [0.4, 0.5) is 11.4 Å². The summed E-state index contributed by atoms with van der Waals surface area (Å²) in [5.74, 6) is 0.475.